The van der Waals surface area contributed by atoms with Crippen LogP contribution in [0.4, 0.5) is 10.1 Å². The zero-order chi connectivity index (χ0) is 13.8. The van der Waals surface area contributed by atoms with Gasteiger partial charge in [0.25, 0.3) is 0 Å². The Balaban J connectivity index is 2.13. The van der Waals surface area contributed by atoms with Gasteiger partial charge >= 0.3 is 0 Å². The first-order valence-corrected chi connectivity index (χ1v) is 6.36. The standard InChI is InChI=1S/C14H12Cl2FNO/c1-19-12-2-3-13(16)14(7-12)18-8-9-4-10(15)6-11(17)5-9/h2-7,18H,8H2,1H3. The quantitative estimate of drug-likeness (QED) is 0.879. The molecule has 0 bridgehead atoms. The Kier molecular flexibility index (Phi) is 4.51. The fraction of sp³-hybridized carbons (Fsp3) is 0.143. The van der Waals surface area contributed by atoms with Gasteiger partial charge in [0.2, 0.25) is 0 Å². The van der Waals surface area contributed by atoms with Crippen LogP contribution in [0.3, 0.4) is 0 Å². The van der Waals surface area contributed by atoms with Crippen molar-refractivity contribution < 1.29 is 9.13 Å². The van der Waals surface area contributed by atoms with Crippen molar-refractivity contribution in [3.05, 3.63) is 57.8 Å². The van der Waals surface area contributed by atoms with Gasteiger partial charge in [0, 0.05) is 17.6 Å². The van der Waals surface area contributed by atoms with Crippen molar-refractivity contribution in [3.8, 4) is 5.75 Å². The van der Waals surface area contributed by atoms with Gasteiger partial charge in [-0.15, -0.1) is 0 Å². The zero-order valence-electron chi connectivity index (χ0n) is 10.2. The number of methoxy groups -OCH3 is 1. The van der Waals surface area contributed by atoms with E-state index in [9.17, 15) is 4.39 Å². The van der Waals surface area contributed by atoms with Crippen LogP contribution in [0, 0.1) is 5.82 Å². The van der Waals surface area contributed by atoms with E-state index in [1.54, 1.807) is 31.4 Å². The van der Waals surface area contributed by atoms with Crippen molar-refractivity contribution in [3.63, 3.8) is 0 Å². The lowest BCUT2D eigenvalue weighted by atomic mass is 10.2. The van der Waals surface area contributed by atoms with Gasteiger partial charge in [-0.3, -0.25) is 0 Å². The topological polar surface area (TPSA) is 21.3 Å². The highest BCUT2D eigenvalue weighted by molar-refractivity contribution is 6.33. The van der Waals surface area contributed by atoms with E-state index in [4.69, 9.17) is 27.9 Å². The lowest BCUT2D eigenvalue weighted by Crippen LogP contribution is -2.01. The van der Waals surface area contributed by atoms with Crippen LogP contribution in [0.15, 0.2) is 36.4 Å². The predicted molar refractivity (Wildman–Crippen MR) is 76.7 cm³/mol. The van der Waals surface area contributed by atoms with Gasteiger partial charge in [0.1, 0.15) is 11.6 Å². The molecule has 0 radical (unpaired) electrons. The molecule has 0 aromatic heterocycles. The molecule has 2 rings (SSSR count). The molecule has 0 heterocycles. The summed E-state index contributed by atoms with van der Waals surface area (Å²) < 4.78 is 18.3. The van der Waals surface area contributed by atoms with Crippen molar-refractivity contribution in [2.24, 2.45) is 0 Å². The maximum atomic E-state index is 13.2. The number of anilines is 1. The number of hydrogen-bond acceptors (Lipinski definition) is 2. The summed E-state index contributed by atoms with van der Waals surface area (Å²) in [5.41, 5.74) is 1.46. The molecule has 0 atom stereocenters. The van der Waals surface area contributed by atoms with Gasteiger partial charge in [-0.2, -0.15) is 0 Å². The molecule has 0 amide bonds. The van der Waals surface area contributed by atoms with Gasteiger partial charge < -0.3 is 10.1 Å². The molecule has 0 saturated heterocycles. The smallest absolute Gasteiger partial charge is 0.125 e. The third-order valence-corrected chi connectivity index (χ3v) is 3.13. The van der Waals surface area contributed by atoms with Crippen molar-refractivity contribution >= 4 is 28.9 Å². The molecule has 0 aliphatic heterocycles. The summed E-state index contributed by atoms with van der Waals surface area (Å²) in [4.78, 5) is 0. The van der Waals surface area contributed by atoms with E-state index < -0.39 is 0 Å². The summed E-state index contributed by atoms with van der Waals surface area (Å²) >= 11 is 11.9. The molecule has 0 aliphatic carbocycles. The number of ether oxygens (including phenoxy) is 1. The molecule has 2 aromatic carbocycles. The second kappa shape index (κ2) is 6.13. The third-order valence-electron chi connectivity index (χ3n) is 2.58. The molecule has 0 unspecified atom stereocenters. The molecule has 0 fully saturated rings. The molecule has 2 aromatic rings. The number of rotatable bonds is 4. The Hall–Kier alpha value is -1.45. The van der Waals surface area contributed by atoms with Crippen LogP contribution in [0.5, 0.6) is 5.75 Å². The SMILES string of the molecule is COc1ccc(Cl)c(NCc2cc(F)cc(Cl)c2)c1. The first kappa shape index (κ1) is 14.0. The largest absolute Gasteiger partial charge is 0.497 e. The second-order valence-electron chi connectivity index (χ2n) is 3.98. The van der Waals surface area contributed by atoms with Gasteiger partial charge in [-0.25, -0.2) is 4.39 Å². The summed E-state index contributed by atoms with van der Waals surface area (Å²) in [6, 6.07) is 9.68. The van der Waals surface area contributed by atoms with E-state index in [0.29, 0.717) is 22.3 Å². The summed E-state index contributed by atoms with van der Waals surface area (Å²) in [5, 5.41) is 4.06. The summed E-state index contributed by atoms with van der Waals surface area (Å²) in [5.74, 6) is 0.338. The minimum absolute atomic E-state index is 0.360. The maximum Gasteiger partial charge on any atom is 0.125 e. The Labute approximate surface area is 121 Å². The van der Waals surface area contributed by atoms with E-state index in [-0.39, 0.29) is 5.82 Å². The van der Waals surface area contributed by atoms with E-state index >= 15 is 0 Å². The minimum atomic E-state index is -0.360. The minimum Gasteiger partial charge on any atom is -0.497 e. The fourth-order valence-corrected chi connectivity index (χ4v) is 2.11. The van der Waals surface area contributed by atoms with Crippen LogP contribution in [-0.2, 0) is 6.54 Å². The molecule has 0 aliphatic rings. The molecule has 5 heteroatoms. The Bertz CT molecular complexity index is 569. The Morgan fingerprint density at radius 2 is 1.95 bits per heavy atom. The molecular formula is C14H12Cl2FNO. The number of hydrogen-bond donors (Lipinski definition) is 1. The summed E-state index contributed by atoms with van der Waals surface area (Å²) in [6.07, 6.45) is 0. The number of benzene rings is 2. The van der Waals surface area contributed by atoms with E-state index in [1.165, 1.54) is 12.1 Å². The first-order chi connectivity index (χ1) is 9.08. The highest BCUT2D eigenvalue weighted by atomic mass is 35.5. The van der Waals surface area contributed by atoms with Crippen LogP contribution >= 0.6 is 23.2 Å². The van der Waals surface area contributed by atoms with Gasteiger partial charge in [0.15, 0.2) is 0 Å². The third kappa shape index (κ3) is 3.75. The summed E-state index contributed by atoms with van der Waals surface area (Å²) in [6.45, 7) is 0.421. The van der Waals surface area contributed by atoms with Crippen LogP contribution in [0.25, 0.3) is 0 Å². The molecule has 2 nitrogen and oxygen atoms in total. The Morgan fingerprint density at radius 1 is 1.16 bits per heavy atom. The highest BCUT2D eigenvalue weighted by Gasteiger charge is 2.04. The number of nitrogens with one attached hydrogen (secondary N) is 1. The van der Waals surface area contributed by atoms with Crippen molar-refractivity contribution in [1.29, 1.82) is 0 Å². The lowest BCUT2D eigenvalue weighted by Gasteiger charge is -2.10. The highest BCUT2D eigenvalue weighted by Crippen LogP contribution is 2.27. The van der Waals surface area contributed by atoms with Crippen LogP contribution in [0.1, 0.15) is 5.56 Å². The van der Waals surface area contributed by atoms with Gasteiger partial charge in [-0.05, 0) is 35.9 Å². The average molecular weight is 300 g/mol. The van der Waals surface area contributed by atoms with Crippen LogP contribution < -0.4 is 10.1 Å². The van der Waals surface area contributed by atoms with E-state index in [1.807, 2.05) is 0 Å². The van der Waals surface area contributed by atoms with Gasteiger partial charge in [-0.1, -0.05) is 23.2 Å². The Morgan fingerprint density at radius 3 is 2.63 bits per heavy atom. The van der Waals surface area contributed by atoms with E-state index in [2.05, 4.69) is 5.32 Å². The monoisotopic (exact) mass is 299 g/mol. The molecular weight excluding hydrogens is 288 g/mol. The summed E-state index contributed by atoms with van der Waals surface area (Å²) in [7, 11) is 1.58. The van der Waals surface area contributed by atoms with Crippen LogP contribution in [0.2, 0.25) is 10.0 Å². The second-order valence-corrected chi connectivity index (χ2v) is 4.82. The van der Waals surface area contributed by atoms with Crippen molar-refractivity contribution in [2.75, 3.05) is 12.4 Å². The normalized spacial score (nSPS) is 10.3. The molecule has 0 spiro atoms. The lowest BCUT2D eigenvalue weighted by molar-refractivity contribution is 0.415. The predicted octanol–water partition coefficient (Wildman–Crippen LogP) is 4.75. The van der Waals surface area contributed by atoms with Crippen molar-refractivity contribution in [2.45, 2.75) is 6.54 Å². The molecule has 1 N–H and O–H groups in total. The fourth-order valence-electron chi connectivity index (χ4n) is 1.68. The van der Waals surface area contributed by atoms with Gasteiger partial charge in [0.05, 0.1) is 17.8 Å². The first-order valence-electron chi connectivity index (χ1n) is 5.61. The molecule has 19 heavy (non-hydrogen) atoms. The zero-order valence-corrected chi connectivity index (χ0v) is 11.7. The molecule has 100 valence electrons. The van der Waals surface area contributed by atoms with Crippen molar-refractivity contribution in [1.82, 2.24) is 0 Å². The number of halogens is 3. The van der Waals surface area contributed by atoms with Crippen LogP contribution in [-0.4, -0.2) is 7.11 Å². The average Bonchev–Trinajstić information content (AvgIpc) is 2.37. The van der Waals surface area contributed by atoms with E-state index in [0.717, 1.165) is 11.3 Å². The molecule has 0 saturated carbocycles. The maximum absolute atomic E-state index is 13.2.